The number of aromatic nitrogens is 3. The van der Waals surface area contributed by atoms with Crippen LogP contribution in [0.2, 0.25) is 0 Å². The zero-order valence-electron chi connectivity index (χ0n) is 8.57. The number of fused-ring (bicyclic) bond motifs is 1. The molecule has 3 heterocycles. The lowest BCUT2D eigenvalue weighted by molar-refractivity contribution is 0.0662. The van der Waals surface area contributed by atoms with E-state index in [4.69, 9.17) is 9.52 Å². The molecule has 84 valence electrons. The predicted molar refractivity (Wildman–Crippen MR) is 58.1 cm³/mol. The summed E-state index contributed by atoms with van der Waals surface area (Å²) in [5.74, 6) is -0.906. The lowest BCUT2D eigenvalue weighted by Gasteiger charge is -1.96. The van der Waals surface area contributed by atoms with Gasteiger partial charge in [0.25, 0.3) is 0 Å². The first kappa shape index (κ1) is 9.59. The molecular formula is C11H7N3O3. The maximum atomic E-state index is 10.7. The first-order valence-electron chi connectivity index (χ1n) is 4.88. The number of carboxylic acids is 1. The van der Waals surface area contributed by atoms with Crippen LogP contribution in [0.25, 0.3) is 16.9 Å². The van der Waals surface area contributed by atoms with Crippen LogP contribution < -0.4 is 0 Å². The van der Waals surface area contributed by atoms with Crippen LogP contribution in [0.15, 0.2) is 41.1 Å². The first-order chi connectivity index (χ1) is 8.25. The van der Waals surface area contributed by atoms with Crippen LogP contribution in [0.3, 0.4) is 0 Å². The Hall–Kier alpha value is -2.63. The van der Waals surface area contributed by atoms with E-state index in [1.807, 2.05) is 6.07 Å². The summed E-state index contributed by atoms with van der Waals surface area (Å²) in [6, 6.07) is 6.60. The fourth-order valence-corrected chi connectivity index (χ4v) is 1.58. The van der Waals surface area contributed by atoms with Gasteiger partial charge in [0.15, 0.2) is 5.65 Å². The highest BCUT2D eigenvalue weighted by molar-refractivity contribution is 5.84. The van der Waals surface area contributed by atoms with Gasteiger partial charge in [-0.05, 0) is 18.2 Å². The van der Waals surface area contributed by atoms with Crippen molar-refractivity contribution in [2.24, 2.45) is 0 Å². The molecule has 0 saturated carbocycles. The third kappa shape index (κ3) is 1.46. The van der Waals surface area contributed by atoms with Gasteiger partial charge in [-0.25, -0.2) is 9.78 Å². The molecule has 0 bridgehead atoms. The van der Waals surface area contributed by atoms with E-state index in [1.54, 1.807) is 24.5 Å². The summed E-state index contributed by atoms with van der Waals surface area (Å²) < 4.78 is 6.62. The van der Waals surface area contributed by atoms with E-state index in [0.29, 0.717) is 11.5 Å². The van der Waals surface area contributed by atoms with Gasteiger partial charge in [0, 0.05) is 17.6 Å². The molecule has 0 saturated heterocycles. The quantitative estimate of drug-likeness (QED) is 0.723. The molecule has 3 rings (SSSR count). The van der Waals surface area contributed by atoms with Gasteiger partial charge in [-0.3, -0.25) is 0 Å². The molecule has 6 heteroatoms. The lowest BCUT2D eigenvalue weighted by atomic mass is 10.4. The van der Waals surface area contributed by atoms with Gasteiger partial charge in [0.05, 0.1) is 6.20 Å². The summed E-state index contributed by atoms with van der Waals surface area (Å²) in [6.07, 6.45) is 3.28. The van der Waals surface area contributed by atoms with Gasteiger partial charge >= 0.3 is 5.97 Å². The van der Waals surface area contributed by atoms with E-state index >= 15 is 0 Å². The number of carbonyl (C=O) groups is 1. The topological polar surface area (TPSA) is 81.1 Å². The van der Waals surface area contributed by atoms with Crippen LogP contribution >= 0.6 is 0 Å². The van der Waals surface area contributed by atoms with Crippen molar-refractivity contribution in [3.63, 3.8) is 0 Å². The monoisotopic (exact) mass is 229 g/mol. The number of carboxylic acid groups (broad SMARTS) is 1. The van der Waals surface area contributed by atoms with Crippen LogP contribution in [0.1, 0.15) is 10.6 Å². The summed E-state index contributed by atoms with van der Waals surface area (Å²) in [6.45, 7) is 0. The van der Waals surface area contributed by atoms with E-state index in [9.17, 15) is 4.79 Å². The highest BCUT2D eigenvalue weighted by Gasteiger charge is 2.12. The van der Waals surface area contributed by atoms with Gasteiger partial charge in [-0.2, -0.15) is 9.78 Å². The second kappa shape index (κ2) is 3.44. The van der Waals surface area contributed by atoms with E-state index in [-0.39, 0.29) is 5.76 Å². The van der Waals surface area contributed by atoms with Crippen molar-refractivity contribution in [1.29, 1.82) is 0 Å². The molecule has 0 unspecified atom stereocenters. The molecule has 0 fully saturated rings. The predicted octanol–water partition coefficient (Wildman–Crippen LogP) is 1.71. The zero-order chi connectivity index (χ0) is 11.8. The molecule has 1 N–H and O–H groups in total. The Bertz CT molecular complexity index is 699. The van der Waals surface area contributed by atoms with E-state index in [0.717, 1.165) is 5.39 Å². The number of aromatic carboxylic acids is 1. The summed E-state index contributed by atoms with van der Waals surface area (Å²) in [5.41, 5.74) is 0.624. The lowest BCUT2D eigenvalue weighted by Crippen LogP contribution is -1.96. The van der Waals surface area contributed by atoms with E-state index in [1.165, 1.54) is 10.7 Å². The van der Waals surface area contributed by atoms with Crippen LogP contribution in [0.4, 0.5) is 0 Å². The van der Waals surface area contributed by atoms with Crippen LogP contribution in [-0.4, -0.2) is 25.8 Å². The number of nitrogens with zero attached hydrogens (tertiary/aromatic N) is 3. The Balaban J connectivity index is 2.17. The highest BCUT2D eigenvalue weighted by Crippen LogP contribution is 2.17. The minimum absolute atomic E-state index is 0.125. The fraction of sp³-hybridized carbons (Fsp3) is 0. The molecule has 0 aliphatic rings. The second-order valence-electron chi connectivity index (χ2n) is 3.42. The summed E-state index contributed by atoms with van der Waals surface area (Å²) in [4.78, 5) is 14.9. The van der Waals surface area contributed by atoms with Crippen molar-refractivity contribution in [2.75, 3.05) is 0 Å². The Labute approximate surface area is 95.1 Å². The van der Waals surface area contributed by atoms with Gasteiger partial charge in [-0.15, -0.1) is 0 Å². The maximum absolute atomic E-state index is 10.7. The molecule has 0 amide bonds. The van der Waals surface area contributed by atoms with Gasteiger partial charge in [0.2, 0.25) is 11.6 Å². The largest absolute Gasteiger partial charge is 0.475 e. The van der Waals surface area contributed by atoms with Crippen LogP contribution in [0.5, 0.6) is 0 Å². The van der Waals surface area contributed by atoms with Gasteiger partial charge in [-0.1, -0.05) is 0 Å². The van der Waals surface area contributed by atoms with Crippen molar-refractivity contribution in [1.82, 2.24) is 14.8 Å². The van der Waals surface area contributed by atoms with E-state index < -0.39 is 5.97 Å². The average molecular weight is 229 g/mol. The third-order valence-corrected chi connectivity index (χ3v) is 2.34. The number of furan rings is 1. The van der Waals surface area contributed by atoms with Crippen molar-refractivity contribution in [2.45, 2.75) is 0 Å². The Morgan fingerprint density at radius 1 is 1.35 bits per heavy atom. The number of pyridine rings is 1. The molecule has 3 aromatic rings. The van der Waals surface area contributed by atoms with Crippen LogP contribution in [0, 0.1) is 0 Å². The van der Waals surface area contributed by atoms with Gasteiger partial charge < -0.3 is 9.52 Å². The summed E-state index contributed by atoms with van der Waals surface area (Å²) in [7, 11) is 0. The number of rotatable bonds is 2. The summed E-state index contributed by atoms with van der Waals surface area (Å²) in [5, 5.41) is 13.7. The molecule has 6 nitrogen and oxygen atoms in total. The Morgan fingerprint density at radius 2 is 2.24 bits per heavy atom. The normalized spacial score (nSPS) is 10.8. The molecule has 0 aromatic carbocycles. The zero-order valence-corrected chi connectivity index (χ0v) is 8.57. The number of hydrogen-bond acceptors (Lipinski definition) is 4. The smallest absolute Gasteiger partial charge is 0.371 e. The molecule has 0 aliphatic heterocycles. The standard InChI is InChI=1S/C11H7N3O3/c15-11(16)8-3-4-9(17-8)14-10-7(6-13-14)2-1-5-12-10/h1-6H,(H,15,16). The van der Waals surface area contributed by atoms with Crippen molar-refractivity contribution >= 4 is 17.0 Å². The Morgan fingerprint density at radius 3 is 3.00 bits per heavy atom. The minimum atomic E-state index is -1.11. The Kier molecular flexibility index (Phi) is 1.94. The molecule has 3 aromatic heterocycles. The minimum Gasteiger partial charge on any atom is -0.475 e. The van der Waals surface area contributed by atoms with Crippen molar-refractivity contribution < 1.29 is 14.3 Å². The SMILES string of the molecule is O=C(O)c1ccc(-n2ncc3cccnc32)o1. The molecule has 0 spiro atoms. The maximum Gasteiger partial charge on any atom is 0.371 e. The summed E-state index contributed by atoms with van der Waals surface area (Å²) >= 11 is 0. The van der Waals surface area contributed by atoms with Crippen molar-refractivity contribution in [3.05, 3.63) is 42.4 Å². The molecule has 0 atom stereocenters. The highest BCUT2D eigenvalue weighted by atomic mass is 16.4. The number of hydrogen-bond donors (Lipinski definition) is 1. The fourth-order valence-electron chi connectivity index (χ4n) is 1.58. The molecule has 0 radical (unpaired) electrons. The van der Waals surface area contributed by atoms with Crippen LogP contribution in [-0.2, 0) is 0 Å². The molecule has 0 aliphatic carbocycles. The first-order valence-corrected chi connectivity index (χ1v) is 4.88. The second-order valence-corrected chi connectivity index (χ2v) is 3.42. The molecule has 17 heavy (non-hydrogen) atoms. The molecular weight excluding hydrogens is 222 g/mol. The third-order valence-electron chi connectivity index (χ3n) is 2.34. The van der Waals surface area contributed by atoms with Gasteiger partial charge in [0.1, 0.15) is 0 Å². The average Bonchev–Trinajstić information content (AvgIpc) is 2.95. The van der Waals surface area contributed by atoms with E-state index in [2.05, 4.69) is 10.1 Å². The van der Waals surface area contributed by atoms with Crippen molar-refractivity contribution in [3.8, 4) is 5.88 Å².